The first-order valence-corrected chi connectivity index (χ1v) is 14.0. The molecule has 2 aromatic heterocycles. The van der Waals surface area contributed by atoms with E-state index in [-0.39, 0.29) is 17.4 Å². The number of aliphatic hydroxyl groups excluding tert-OH is 1. The van der Waals surface area contributed by atoms with Crippen LogP contribution in [-0.2, 0) is 9.84 Å². The molecule has 1 fully saturated rings. The third kappa shape index (κ3) is 4.97. The summed E-state index contributed by atoms with van der Waals surface area (Å²) in [5.41, 5.74) is 1.01. The maximum atomic E-state index is 14.8. The topological polar surface area (TPSA) is 122 Å². The minimum Gasteiger partial charge on any atom is -0.395 e. The van der Waals surface area contributed by atoms with Crippen molar-refractivity contribution < 1.29 is 26.8 Å². The number of hydrogen-bond donors (Lipinski definition) is 1. The second-order valence-electron chi connectivity index (χ2n) is 9.64. The highest BCUT2D eigenvalue weighted by Gasteiger charge is 2.27. The summed E-state index contributed by atoms with van der Waals surface area (Å²) < 4.78 is 59.5. The van der Waals surface area contributed by atoms with Crippen LogP contribution in [0, 0.1) is 11.6 Å². The van der Waals surface area contributed by atoms with Crippen molar-refractivity contribution in [2.45, 2.75) is 43.4 Å². The molecule has 0 unspecified atom stereocenters. The summed E-state index contributed by atoms with van der Waals surface area (Å²) in [4.78, 5) is 14.9. The highest BCUT2D eigenvalue weighted by molar-refractivity contribution is 7.91. The molecule has 1 aliphatic heterocycles. The highest BCUT2D eigenvalue weighted by atomic mass is 32.2. The van der Waals surface area contributed by atoms with Crippen LogP contribution in [0.15, 0.2) is 46.1 Å². The van der Waals surface area contributed by atoms with Crippen molar-refractivity contribution in [1.29, 1.82) is 0 Å². The van der Waals surface area contributed by atoms with Crippen LogP contribution in [0.1, 0.15) is 50.2 Å². The molecule has 12 heteroatoms. The summed E-state index contributed by atoms with van der Waals surface area (Å²) in [5, 5.41) is 13.6. The zero-order chi connectivity index (χ0) is 27.0. The molecule has 0 atom stereocenters. The molecule has 38 heavy (non-hydrogen) atoms. The van der Waals surface area contributed by atoms with E-state index in [1.165, 1.54) is 24.5 Å². The Hall–Kier alpha value is -3.51. The van der Waals surface area contributed by atoms with Crippen LogP contribution in [0.2, 0.25) is 0 Å². The van der Waals surface area contributed by atoms with E-state index >= 15 is 0 Å². The van der Waals surface area contributed by atoms with Gasteiger partial charge in [-0.05, 0) is 42.7 Å². The van der Waals surface area contributed by atoms with Gasteiger partial charge in [0.2, 0.25) is 5.89 Å². The van der Waals surface area contributed by atoms with E-state index < -0.39 is 38.7 Å². The lowest BCUT2D eigenvalue weighted by atomic mass is 9.95. The van der Waals surface area contributed by atoms with Crippen molar-refractivity contribution in [3.05, 3.63) is 60.0 Å². The number of rotatable bonds is 7. The Balaban J connectivity index is 1.46. The molecular weight excluding hydrogens is 516 g/mol. The molecule has 0 radical (unpaired) electrons. The van der Waals surface area contributed by atoms with Gasteiger partial charge in [0.15, 0.2) is 15.7 Å². The Bertz CT molecular complexity index is 1580. The summed E-state index contributed by atoms with van der Waals surface area (Å²) in [6, 6.07) is 6.17. The first-order valence-electron chi connectivity index (χ1n) is 12.3. The molecule has 1 saturated heterocycles. The molecule has 0 saturated carbocycles. The smallest absolute Gasteiger partial charge is 0.229 e. The van der Waals surface area contributed by atoms with Gasteiger partial charge in [-0.25, -0.2) is 27.2 Å². The second kappa shape index (κ2) is 10.3. The van der Waals surface area contributed by atoms with Crippen molar-refractivity contribution in [1.82, 2.24) is 20.1 Å². The van der Waals surface area contributed by atoms with Gasteiger partial charge in [-0.15, -0.1) is 0 Å². The monoisotopic (exact) mass is 543 g/mol. The molecule has 2 aromatic carbocycles. The molecule has 1 aliphatic rings. The number of sulfone groups is 1. The highest BCUT2D eigenvalue weighted by Crippen LogP contribution is 2.36. The average molecular weight is 544 g/mol. The van der Waals surface area contributed by atoms with E-state index in [0.29, 0.717) is 47.1 Å². The van der Waals surface area contributed by atoms with E-state index in [1.807, 2.05) is 13.8 Å². The zero-order valence-electron chi connectivity index (χ0n) is 20.9. The Morgan fingerprint density at radius 2 is 1.89 bits per heavy atom. The van der Waals surface area contributed by atoms with Crippen LogP contribution >= 0.6 is 0 Å². The van der Waals surface area contributed by atoms with Gasteiger partial charge in [0.05, 0.1) is 17.9 Å². The molecule has 5 rings (SSSR count). The largest absolute Gasteiger partial charge is 0.395 e. The Labute approximate surface area is 218 Å². The molecule has 0 amide bonds. The third-order valence-corrected chi connectivity index (χ3v) is 8.45. The second-order valence-corrected chi connectivity index (χ2v) is 11.7. The van der Waals surface area contributed by atoms with E-state index in [2.05, 4.69) is 25.0 Å². The number of fused-ring (bicyclic) bond motifs is 1. The summed E-state index contributed by atoms with van der Waals surface area (Å²) in [5.74, 6) is 0.0474. The minimum absolute atomic E-state index is 0.145. The van der Waals surface area contributed by atoms with Gasteiger partial charge in [0.1, 0.15) is 28.7 Å². The SMILES string of the molecule is CC(C)c1nc(C2CCN(c3ncnc4c(-c5ccc(S(=O)(=O)CCO)c(F)c5)cc(F)cc34)CC2)no1. The molecule has 200 valence electrons. The number of anilines is 1. The fourth-order valence-corrected chi connectivity index (χ4v) is 5.83. The molecule has 0 bridgehead atoms. The van der Waals surface area contributed by atoms with E-state index in [1.54, 1.807) is 0 Å². The normalized spacial score (nSPS) is 15.1. The van der Waals surface area contributed by atoms with Gasteiger partial charge in [-0.1, -0.05) is 25.1 Å². The molecule has 4 aromatic rings. The number of halogens is 2. The lowest BCUT2D eigenvalue weighted by Gasteiger charge is -2.32. The average Bonchev–Trinajstić information content (AvgIpc) is 3.39. The van der Waals surface area contributed by atoms with E-state index in [0.717, 1.165) is 25.0 Å². The maximum absolute atomic E-state index is 14.8. The van der Waals surface area contributed by atoms with Gasteiger partial charge >= 0.3 is 0 Å². The molecular formula is C26H27F2N5O4S. The van der Waals surface area contributed by atoms with Crippen molar-refractivity contribution in [2.75, 3.05) is 30.3 Å². The number of hydrogen-bond acceptors (Lipinski definition) is 9. The standard InChI is InChI=1S/C26H27F2N5O4S/c1-15(2)26-31-24(32-37-26)16-5-7-33(8-6-16)25-20-13-18(27)12-19(23(20)29-14-30-25)17-3-4-22(21(28)11-17)38(35,36)10-9-34/h3-4,11-16,34H,5-10H2,1-2H3. The van der Waals surface area contributed by atoms with Gasteiger partial charge in [0.25, 0.3) is 0 Å². The third-order valence-electron chi connectivity index (χ3n) is 6.73. The Morgan fingerprint density at radius 1 is 1.13 bits per heavy atom. The molecule has 0 aliphatic carbocycles. The predicted octanol–water partition coefficient (Wildman–Crippen LogP) is 4.23. The van der Waals surface area contributed by atoms with Crippen molar-refractivity contribution in [3.8, 4) is 11.1 Å². The molecule has 0 spiro atoms. The number of nitrogens with zero attached hydrogens (tertiary/aromatic N) is 5. The Kier molecular flexibility index (Phi) is 7.10. The van der Waals surface area contributed by atoms with Crippen LogP contribution in [0.25, 0.3) is 22.0 Å². The molecule has 3 heterocycles. The predicted molar refractivity (Wildman–Crippen MR) is 137 cm³/mol. The number of piperidine rings is 1. The minimum atomic E-state index is -3.99. The number of aromatic nitrogens is 4. The van der Waals surface area contributed by atoms with Crippen molar-refractivity contribution >= 4 is 26.6 Å². The van der Waals surface area contributed by atoms with E-state index in [4.69, 9.17) is 9.63 Å². The quantitative estimate of drug-likeness (QED) is 0.365. The summed E-state index contributed by atoms with van der Waals surface area (Å²) in [6.07, 6.45) is 2.91. The summed E-state index contributed by atoms with van der Waals surface area (Å²) in [6.45, 7) is 4.65. The Morgan fingerprint density at radius 3 is 2.55 bits per heavy atom. The first-order chi connectivity index (χ1) is 18.2. The van der Waals surface area contributed by atoms with Crippen LogP contribution < -0.4 is 4.90 Å². The van der Waals surface area contributed by atoms with Crippen LogP contribution in [0.3, 0.4) is 0 Å². The van der Waals surface area contributed by atoms with Crippen LogP contribution in [0.5, 0.6) is 0 Å². The maximum Gasteiger partial charge on any atom is 0.229 e. The number of aliphatic hydroxyl groups is 1. The van der Waals surface area contributed by atoms with Crippen molar-refractivity contribution in [2.24, 2.45) is 0 Å². The lowest BCUT2D eigenvalue weighted by molar-refractivity contribution is 0.319. The fourth-order valence-electron chi connectivity index (χ4n) is 4.74. The molecule has 1 N–H and O–H groups in total. The fraction of sp³-hybridized carbons (Fsp3) is 0.385. The van der Waals surface area contributed by atoms with E-state index in [9.17, 15) is 17.2 Å². The molecule has 9 nitrogen and oxygen atoms in total. The number of benzene rings is 2. The van der Waals surface area contributed by atoms with Gasteiger partial charge in [0, 0.05) is 35.9 Å². The first kappa shape index (κ1) is 26.1. The van der Waals surface area contributed by atoms with Crippen LogP contribution in [0.4, 0.5) is 14.6 Å². The van der Waals surface area contributed by atoms with Crippen molar-refractivity contribution in [3.63, 3.8) is 0 Å². The van der Waals surface area contributed by atoms with Gasteiger partial charge in [-0.2, -0.15) is 4.98 Å². The van der Waals surface area contributed by atoms with Gasteiger partial charge < -0.3 is 14.5 Å². The lowest BCUT2D eigenvalue weighted by Crippen LogP contribution is -2.34. The summed E-state index contributed by atoms with van der Waals surface area (Å²) in [7, 11) is -3.99. The summed E-state index contributed by atoms with van der Waals surface area (Å²) >= 11 is 0. The zero-order valence-corrected chi connectivity index (χ0v) is 21.8. The van der Waals surface area contributed by atoms with Crippen LogP contribution in [-0.4, -0.2) is 59.1 Å². The van der Waals surface area contributed by atoms with Gasteiger partial charge in [-0.3, -0.25) is 0 Å².